The van der Waals surface area contributed by atoms with Crippen LogP contribution in [0.15, 0.2) is 66.7 Å². The van der Waals surface area contributed by atoms with Crippen molar-refractivity contribution < 1.29 is 34.0 Å². The molecule has 3 aromatic rings. The van der Waals surface area contributed by atoms with Crippen molar-refractivity contribution in [2.24, 2.45) is 0 Å². The maximum Gasteiger partial charge on any atom is 0.255 e. The molecule has 9 heteroatoms. The Morgan fingerprint density at radius 2 is 1.56 bits per heavy atom. The van der Waals surface area contributed by atoms with Crippen LogP contribution in [0.1, 0.15) is 20.7 Å². The molecule has 0 spiro atoms. The number of phenolic OH excluding ortho intramolecular Hbond substituents is 1. The second kappa shape index (κ2) is 11.6. The number of ether oxygens (including phenoxy) is 3. The van der Waals surface area contributed by atoms with E-state index in [1.54, 1.807) is 30.3 Å². The quantitative estimate of drug-likeness (QED) is 0.362. The van der Waals surface area contributed by atoms with E-state index in [0.717, 1.165) is 0 Å². The molecular formula is C25H26N2O7. The van der Waals surface area contributed by atoms with Crippen LogP contribution in [0.25, 0.3) is 0 Å². The minimum absolute atomic E-state index is 0.00257. The number of nitrogens with one attached hydrogen (secondary N) is 2. The van der Waals surface area contributed by atoms with E-state index in [-0.39, 0.29) is 30.2 Å². The molecule has 0 saturated heterocycles. The topological polar surface area (TPSA) is 126 Å². The van der Waals surface area contributed by atoms with Crippen LogP contribution in [0.2, 0.25) is 0 Å². The average molecular weight is 466 g/mol. The molecule has 3 aromatic carbocycles. The lowest BCUT2D eigenvalue weighted by atomic mass is 10.1. The molecule has 3 rings (SSSR count). The van der Waals surface area contributed by atoms with Crippen LogP contribution < -0.4 is 24.8 Å². The number of phenols is 1. The Hall–Kier alpha value is -4.24. The predicted molar refractivity (Wildman–Crippen MR) is 126 cm³/mol. The standard InChI is InChI=1S/C25H26N2O7/c1-32-20-10-16(11-21(13-20)33-2)24(30)27-17-8-9-22(23(29)12-17)25(31)26-14-18(28)15-34-19-6-4-3-5-7-19/h3-13,18,28-29H,14-15H2,1-2H3,(H,26,31)(H,27,30). The SMILES string of the molecule is COc1cc(OC)cc(C(=O)Nc2ccc(C(=O)NCC(O)COc3ccccc3)c(O)c2)c1. The van der Waals surface area contributed by atoms with Gasteiger partial charge < -0.3 is 35.1 Å². The second-order valence-corrected chi connectivity index (χ2v) is 7.28. The zero-order valence-corrected chi connectivity index (χ0v) is 18.8. The molecule has 0 aliphatic carbocycles. The molecule has 1 unspecified atom stereocenters. The summed E-state index contributed by atoms with van der Waals surface area (Å²) in [7, 11) is 2.96. The number of rotatable bonds is 10. The highest BCUT2D eigenvalue weighted by atomic mass is 16.5. The predicted octanol–water partition coefficient (Wildman–Crippen LogP) is 2.83. The third-order valence-corrected chi connectivity index (χ3v) is 4.80. The van der Waals surface area contributed by atoms with E-state index in [1.165, 1.54) is 32.4 Å². The van der Waals surface area contributed by atoms with Crippen LogP contribution in [-0.2, 0) is 0 Å². The van der Waals surface area contributed by atoms with Crippen molar-refractivity contribution in [2.75, 3.05) is 32.7 Å². The smallest absolute Gasteiger partial charge is 0.255 e. The van der Waals surface area contributed by atoms with Crippen LogP contribution in [0, 0.1) is 0 Å². The van der Waals surface area contributed by atoms with Gasteiger partial charge >= 0.3 is 0 Å². The number of anilines is 1. The third kappa shape index (κ3) is 6.63. The molecule has 34 heavy (non-hydrogen) atoms. The largest absolute Gasteiger partial charge is 0.507 e. The number of aliphatic hydroxyl groups excluding tert-OH is 1. The molecule has 1 atom stereocenters. The number of hydrogen-bond donors (Lipinski definition) is 4. The highest BCUT2D eigenvalue weighted by Gasteiger charge is 2.16. The number of aliphatic hydroxyl groups is 1. The summed E-state index contributed by atoms with van der Waals surface area (Å²) in [5.74, 6) is 0.164. The van der Waals surface area contributed by atoms with Crippen molar-refractivity contribution in [1.29, 1.82) is 0 Å². The molecular weight excluding hydrogens is 440 g/mol. The number of benzene rings is 3. The molecule has 4 N–H and O–H groups in total. The lowest BCUT2D eigenvalue weighted by molar-refractivity contribution is 0.0841. The summed E-state index contributed by atoms with van der Waals surface area (Å²) in [6.07, 6.45) is -0.940. The van der Waals surface area contributed by atoms with Gasteiger partial charge in [0.2, 0.25) is 0 Å². The molecule has 0 bridgehead atoms. The Balaban J connectivity index is 1.56. The number of para-hydroxylation sites is 1. The first-order valence-electron chi connectivity index (χ1n) is 10.4. The van der Waals surface area contributed by atoms with Crippen LogP contribution in [0.4, 0.5) is 5.69 Å². The van der Waals surface area contributed by atoms with E-state index < -0.39 is 17.9 Å². The monoisotopic (exact) mass is 466 g/mol. The maximum absolute atomic E-state index is 12.6. The first-order chi connectivity index (χ1) is 16.4. The Morgan fingerprint density at radius 1 is 0.882 bits per heavy atom. The molecule has 9 nitrogen and oxygen atoms in total. The number of aromatic hydroxyl groups is 1. The summed E-state index contributed by atoms with van der Waals surface area (Å²) in [6.45, 7) is -0.0719. The number of carbonyl (C=O) groups excluding carboxylic acids is 2. The van der Waals surface area contributed by atoms with E-state index in [9.17, 15) is 19.8 Å². The Labute approximate surface area is 196 Å². The van der Waals surface area contributed by atoms with Gasteiger partial charge in [-0.2, -0.15) is 0 Å². The number of hydrogen-bond acceptors (Lipinski definition) is 7. The second-order valence-electron chi connectivity index (χ2n) is 7.28. The third-order valence-electron chi connectivity index (χ3n) is 4.80. The van der Waals surface area contributed by atoms with Gasteiger partial charge in [0.25, 0.3) is 11.8 Å². The van der Waals surface area contributed by atoms with E-state index >= 15 is 0 Å². The number of amides is 2. The van der Waals surface area contributed by atoms with Gasteiger partial charge in [0.15, 0.2) is 0 Å². The highest BCUT2D eigenvalue weighted by Crippen LogP contribution is 2.25. The Bertz CT molecular complexity index is 1110. The summed E-state index contributed by atoms with van der Waals surface area (Å²) in [5.41, 5.74) is 0.582. The maximum atomic E-state index is 12.6. The molecule has 0 heterocycles. The molecule has 0 fully saturated rings. The van der Waals surface area contributed by atoms with Gasteiger partial charge in [0.1, 0.15) is 35.7 Å². The summed E-state index contributed by atoms with van der Waals surface area (Å²) in [6, 6.07) is 17.8. The summed E-state index contributed by atoms with van der Waals surface area (Å²) < 4.78 is 15.8. The van der Waals surface area contributed by atoms with Crippen molar-refractivity contribution >= 4 is 17.5 Å². The van der Waals surface area contributed by atoms with Crippen molar-refractivity contribution in [3.05, 3.63) is 77.9 Å². The summed E-state index contributed by atoms with van der Waals surface area (Å²) in [4.78, 5) is 25.0. The van der Waals surface area contributed by atoms with Crippen molar-refractivity contribution in [1.82, 2.24) is 5.32 Å². The zero-order chi connectivity index (χ0) is 24.5. The lowest BCUT2D eigenvalue weighted by Crippen LogP contribution is -2.35. The molecule has 0 aromatic heterocycles. The molecule has 2 amide bonds. The summed E-state index contributed by atoms with van der Waals surface area (Å²) in [5, 5.41) is 25.5. The Morgan fingerprint density at radius 3 is 2.18 bits per heavy atom. The van der Waals surface area contributed by atoms with Gasteiger partial charge in [-0.1, -0.05) is 18.2 Å². The normalized spacial score (nSPS) is 11.3. The highest BCUT2D eigenvalue weighted by molar-refractivity contribution is 6.05. The first-order valence-corrected chi connectivity index (χ1v) is 10.4. The Kier molecular flexibility index (Phi) is 8.31. The molecule has 0 radical (unpaired) electrons. The van der Waals surface area contributed by atoms with Crippen LogP contribution in [0.3, 0.4) is 0 Å². The lowest BCUT2D eigenvalue weighted by Gasteiger charge is -2.14. The van der Waals surface area contributed by atoms with E-state index in [1.807, 2.05) is 18.2 Å². The average Bonchev–Trinajstić information content (AvgIpc) is 2.86. The van der Waals surface area contributed by atoms with Crippen molar-refractivity contribution in [2.45, 2.75) is 6.10 Å². The number of carbonyl (C=O) groups is 2. The zero-order valence-electron chi connectivity index (χ0n) is 18.8. The fourth-order valence-electron chi connectivity index (χ4n) is 3.02. The minimum Gasteiger partial charge on any atom is -0.507 e. The number of methoxy groups -OCH3 is 2. The van der Waals surface area contributed by atoms with E-state index in [0.29, 0.717) is 22.8 Å². The van der Waals surface area contributed by atoms with Crippen molar-refractivity contribution in [3.63, 3.8) is 0 Å². The van der Waals surface area contributed by atoms with Gasteiger partial charge in [-0.05, 0) is 36.4 Å². The van der Waals surface area contributed by atoms with E-state index in [2.05, 4.69) is 10.6 Å². The molecule has 0 aliphatic heterocycles. The molecule has 178 valence electrons. The van der Waals surface area contributed by atoms with Gasteiger partial charge in [0.05, 0.1) is 19.8 Å². The van der Waals surface area contributed by atoms with Crippen LogP contribution in [0.5, 0.6) is 23.0 Å². The van der Waals surface area contributed by atoms with Gasteiger partial charge in [-0.3, -0.25) is 9.59 Å². The van der Waals surface area contributed by atoms with Crippen molar-refractivity contribution in [3.8, 4) is 23.0 Å². The van der Waals surface area contributed by atoms with Gasteiger partial charge in [-0.15, -0.1) is 0 Å². The molecule has 0 saturated carbocycles. The van der Waals surface area contributed by atoms with E-state index in [4.69, 9.17) is 14.2 Å². The van der Waals surface area contributed by atoms with Crippen LogP contribution in [-0.4, -0.2) is 55.5 Å². The van der Waals surface area contributed by atoms with Crippen LogP contribution >= 0.6 is 0 Å². The fraction of sp³-hybridized carbons (Fsp3) is 0.200. The van der Waals surface area contributed by atoms with Gasteiger partial charge in [-0.25, -0.2) is 0 Å². The fourth-order valence-corrected chi connectivity index (χ4v) is 3.02. The summed E-state index contributed by atoms with van der Waals surface area (Å²) >= 11 is 0. The van der Waals surface area contributed by atoms with Gasteiger partial charge in [0, 0.05) is 29.9 Å². The first kappa shape index (κ1) is 24.4. The minimum atomic E-state index is -0.940. The molecule has 0 aliphatic rings.